The van der Waals surface area contributed by atoms with Gasteiger partial charge in [0, 0.05) is 41.0 Å². The number of nitrogens with zero attached hydrogens (tertiary/aromatic N) is 3. The van der Waals surface area contributed by atoms with Gasteiger partial charge in [-0.25, -0.2) is 0 Å². The van der Waals surface area contributed by atoms with E-state index in [9.17, 15) is 4.79 Å². The molecular formula is C15H15N3O. The Morgan fingerprint density at radius 3 is 2.95 bits per heavy atom. The molecule has 2 aromatic heterocycles. The Kier molecular flexibility index (Phi) is 2.91. The van der Waals surface area contributed by atoms with Crippen LogP contribution >= 0.6 is 0 Å². The maximum absolute atomic E-state index is 10.8. The Morgan fingerprint density at radius 1 is 1.32 bits per heavy atom. The number of benzene rings is 1. The summed E-state index contributed by atoms with van der Waals surface area (Å²) in [6, 6.07) is 7.78. The first-order chi connectivity index (χ1) is 9.30. The predicted octanol–water partition coefficient (Wildman–Crippen LogP) is 2.72. The van der Waals surface area contributed by atoms with Crippen LogP contribution in [0.2, 0.25) is 0 Å². The molecular weight excluding hydrogens is 238 g/mol. The van der Waals surface area contributed by atoms with Gasteiger partial charge >= 0.3 is 0 Å². The van der Waals surface area contributed by atoms with Gasteiger partial charge in [0.2, 0.25) is 0 Å². The molecule has 3 rings (SSSR count). The molecule has 0 aliphatic heterocycles. The first-order valence-corrected chi connectivity index (χ1v) is 6.35. The van der Waals surface area contributed by atoms with Crippen molar-refractivity contribution in [3.63, 3.8) is 0 Å². The van der Waals surface area contributed by atoms with Crippen molar-refractivity contribution in [2.45, 2.75) is 20.0 Å². The summed E-state index contributed by atoms with van der Waals surface area (Å²) in [4.78, 5) is 10.8. The highest BCUT2D eigenvalue weighted by atomic mass is 16.1. The van der Waals surface area contributed by atoms with Gasteiger partial charge in [-0.15, -0.1) is 0 Å². The standard InChI is InChI=1S/C15H15N3O/c1-2-18-10-13(8-16-18)9-17-6-5-14-7-12(11-19)3-4-15(14)17/h3-8,10-11H,2,9H2,1H3. The lowest BCUT2D eigenvalue weighted by molar-refractivity contribution is 0.112. The minimum absolute atomic E-state index is 0.712. The van der Waals surface area contributed by atoms with Crippen molar-refractivity contribution in [3.05, 3.63) is 54.0 Å². The molecule has 4 heteroatoms. The molecule has 0 fully saturated rings. The normalized spacial score (nSPS) is 11.0. The van der Waals surface area contributed by atoms with Gasteiger partial charge in [0.15, 0.2) is 0 Å². The van der Waals surface area contributed by atoms with Crippen molar-refractivity contribution < 1.29 is 4.79 Å². The smallest absolute Gasteiger partial charge is 0.150 e. The molecule has 96 valence electrons. The number of hydrogen-bond acceptors (Lipinski definition) is 2. The topological polar surface area (TPSA) is 39.8 Å². The number of aromatic nitrogens is 3. The molecule has 0 N–H and O–H groups in total. The molecule has 3 aromatic rings. The molecule has 19 heavy (non-hydrogen) atoms. The number of rotatable bonds is 4. The van der Waals surface area contributed by atoms with E-state index in [4.69, 9.17) is 0 Å². The van der Waals surface area contributed by atoms with Crippen LogP contribution in [0, 0.1) is 0 Å². The molecule has 2 heterocycles. The molecule has 0 spiro atoms. The molecule has 0 radical (unpaired) electrons. The van der Waals surface area contributed by atoms with Crippen molar-refractivity contribution in [2.24, 2.45) is 0 Å². The lowest BCUT2D eigenvalue weighted by Gasteiger charge is -2.03. The number of carbonyl (C=O) groups excluding carboxylic acids is 1. The summed E-state index contributed by atoms with van der Waals surface area (Å²) in [6.07, 6.45) is 6.88. The van der Waals surface area contributed by atoms with Gasteiger partial charge in [-0.1, -0.05) is 0 Å². The van der Waals surface area contributed by atoms with E-state index in [-0.39, 0.29) is 0 Å². The molecule has 4 nitrogen and oxygen atoms in total. The summed E-state index contributed by atoms with van der Waals surface area (Å²) in [6.45, 7) is 3.75. The van der Waals surface area contributed by atoms with E-state index in [0.717, 1.165) is 30.3 Å². The Bertz CT molecular complexity index is 724. The largest absolute Gasteiger partial charge is 0.343 e. The van der Waals surface area contributed by atoms with Gasteiger partial charge in [-0.05, 0) is 31.2 Å². The fourth-order valence-electron chi connectivity index (χ4n) is 2.29. The van der Waals surface area contributed by atoms with Crippen LogP contribution in [0.15, 0.2) is 42.9 Å². The van der Waals surface area contributed by atoms with E-state index in [1.807, 2.05) is 41.3 Å². The van der Waals surface area contributed by atoms with E-state index >= 15 is 0 Å². The maximum Gasteiger partial charge on any atom is 0.150 e. The van der Waals surface area contributed by atoms with Crippen molar-refractivity contribution >= 4 is 17.2 Å². The predicted molar refractivity (Wildman–Crippen MR) is 74.3 cm³/mol. The maximum atomic E-state index is 10.8. The molecule has 1 aromatic carbocycles. The van der Waals surface area contributed by atoms with E-state index in [2.05, 4.69) is 22.8 Å². The van der Waals surface area contributed by atoms with Crippen molar-refractivity contribution in [2.75, 3.05) is 0 Å². The average Bonchev–Trinajstić information content (AvgIpc) is 3.06. The third-order valence-electron chi connectivity index (χ3n) is 3.29. The zero-order chi connectivity index (χ0) is 13.2. The first kappa shape index (κ1) is 11.7. The fourth-order valence-corrected chi connectivity index (χ4v) is 2.29. The highest BCUT2D eigenvalue weighted by Gasteiger charge is 2.04. The van der Waals surface area contributed by atoms with Crippen molar-refractivity contribution in [1.29, 1.82) is 0 Å². The second-order valence-electron chi connectivity index (χ2n) is 4.58. The van der Waals surface area contributed by atoms with Gasteiger partial charge in [-0.2, -0.15) is 5.10 Å². The fraction of sp³-hybridized carbons (Fsp3) is 0.200. The summed E-state index contributed by atoms with van der Waals surface area (Å²) in [5.41, 5.74) is 3.03. The number of hydrogen-bond donors (Lipinski definition) is 0. The van der Waals surface area contributed by atoms with Gasteiger partial charge in [-0.3, -0.25) is 9.48 Å². The quantitative estimate of drug-likeness (QED) is 0.671. The third-order valence-corrected chi connectivity index (χ3v) is 3.29. The zero-order valence-electron chi connectivity index (χ0n) is 10.8. The van der Waals surface area contributed by atoms with Crippen LogP contribution in [-0.4, -0.2) is 20.6 Å². The van der Waals surface area contributed by atoms with E-state index in [0.29, 0.717) is 5.56 Å². The SMILES string of the molecule is CCn1cc(Cn2ccc3cc(C=O)ccc32)cn1. The Labute approximate surface area is 111 Å². The number of aryl methyl sites for hydroxylation is 1. The first-order valence-electron chi connectivity index (χ1n) is 6.35. The zero-order valence-corrected chi connectivity index (χ0v) is 10.8. The number of fused-ring (bicyclic) bond motifs is 1. The second-order valence-corrected chi connectivity index (χ2v) is 4.58. The van der Waals surface area contributed by atoms with Crippen LogP contribution in [0.25, 0.3) is 10.9 Å². The van der Waals surface area contributed by atoms with Crippen LogP contribution in [0.1, 0.15) is 22.8 Å². The van der Waals surface area contributed by atoms with Crippen LogP contribution in [0.5, 0.6) is 0 Å². The summed E-state index contributed by atoms with van der Waals surface area (Å²) in [5, 5.41) is 5.37. The molecule has 0 saturated heterocycles. The molecule has 0 aliphatic rings. The Morgan fingerprint density at radius 2 is 2.21 bits per heavy atom. The molecule has 0 amide bonds. The molecule has 0 atom stereocenters. The monoisotopic (exact) mass is 253 g/mol. The van der Waals surface area contributed by atoms with Crippen molar-refractivity contribution in [1.82, 2.24) is 14.3 Å². The van der Waals surface area contributed by atoms with Crippen LogP contribution in [-0.2, 0) is 13.1 Å². The minimum atomic E-state index is 0.712. The van der Waals surface area contributed by atoms with Crippen LogP contribution in [0.4, 0.5) is 0 Å². The third kappa shape index (κ3) is 2.17. The number of carbonyl (C=O) groups is 1. The lowest BCUT2D eigenvalue weighted by atomic mass is 10.2. The highest BCUT2D eigenvalue weighted by molar-refractivity contribution is 5.87. The van der Waals surface area contributed by atoms with Gasteiger partial charge < -0.3 is 4.57 Å². The summed E-state index contributed by atoms with van der Waals surface area (Å²) < 4.78 is 4.09. The van der Waals surface area contributed by atoms with Crippen molar-refractivity contribution in [3.8, 4) is 0 Å². The lowest BCUT2D eigenvalue weighted by Crippen LogP contribution is -1.97. The van der Waals surface area contributed by atoms with Gasteiger partial charge in [0.25, 0.3) is 0 Å². The summed E-state index contributed by atoms with van der Waals surface area (Å²) in [5.74, 6) is 0. The van der Waals surface area contributed by atoms with E-state index in [1.165, 1.54) is 5.56 Å². The molecule has 0 saturated carbocycles. The van der Waals surface area contributed by atoms with Gasteiger partial charge in [0.05, 0.1) is 12.7 Å². The van der Waals surface area contributed by atoms with Crippen LogP contribution < -0.4 is 0 Å². The average molecular weight is 253 g/mol. The second kappa shape index (κ2) is 4.72. The Balaban J connectivity index is 1.94. The van der Waals surface area contributed by atoms with Gasteiger partial charge in [0.1, 0.15) is 6.29 Å². The summed E-state index contributed by atoms with van der Waals surface area (Å²) in [7, 11) is 0. The number of aldehydes is 1. The van der Waals surface area contributed by atoms with E-state index in [1.54, 1.807) is 0 Å². The molecule has 0 aliphatic carbocycles. The molecule has 0 bridgehead atoms. The minimum Gasteiger partial charge on any atom is -0.343 e. The van der Waals surface area contributed by atoms with E-state index < -0.39 is 0 Å². The summed E-state index contributed by atoms with van der Waals surface area (Å²) >= 11 is 0. The Hall–Kier alpha value is -2.36. The van der Waals surface area contributed by atoms with Crippen LogP contribution in [0.3, 0.4) is 0 Å². The highest BCUT2D eigenvalue weighted by Crippen LogP contribution is 2.18. The molecule has 0 unspecified atom stereocenters.